The Morgan fingerprint density at radius 2 is 1.88 bits per heavy atom. The molecule has 2 heterocycles. The number of likely N-dealkylation sites (N-methyl/N-ethyl adjacent to an activating group) is 1. The van der Waals surface area contributed by atoms with Crippen molar-refractivity contribution in [3.63, 3.8) is 0 Å². The molecular formula is C24H32N6OS2. The number of hydrogen-bond donors (Lipinski definition) is 3. The van der Waals surface area contributed by atoms with Gasteiger partial charge in [-0.1, -0.05) is 18.2 Å². The summed E-state index contributed by atoms with van der Waals surface area (Å²) < 4.78 is 2.31. The molecule has 1 aliphatic rings. The molecule has 4 rings (SSSR count). The zero-order valence-corrected chi connectivity index (χ0v) is 20.9. The number of rotatable bonds is 12. The summed E-state index contributed by atoms with van der Waals surface area (Å²) >= 11 is 3.44. The second-order valence-electron chi connectivity index (χ2n) is 8.28. The molecule has 7 nitrogen and oxygen atoms in total. The van der Waals surface area contributed by atoms with E-state index in [9.17, 15) is 0 Å². The SMILES string of the molecule is CN(C)CCN(Sc1cc(NCCCO)nc(Nc2nc3c(s2)CCC3)c1)c1ccccc1. The van der Waals surface area contributed by atoms with E-state index in [1.54, 1.807) is 23.3 Å². The fourth-order valence-corrected chi connectivity index (χ4v) is 5.64. The molecule has 2 aromatic heterocycles. The number of aliphatic hydroxyl groups excluding tert-OH is 1. The van der Waals surface area contributed by atoms with E-state index in [4.69, 9.17) is 15.1 Å². The van der Waals surface area contributed by atoms with Crippen molar-refractivity contribution < 1.29 is 5.11 Å². The average molecular weight is 485 g/mol. The number of aliphatic hydroxyl groups is 1. The van der Waals surface area contributed by atoms with Crippen LogP contribution in [0.1, 0.15) is 23.4 Å². The Kier molecular flexibility index (Phi) is 8.44. The van der Waals surface area contributed by atoms with E-state index in [0.29, 0.717) is 13.0 Å². The van der Waals surface area contributed by atoms with E-state index in [0.717, 1.165) is 47.6 Å². The number of aryl methyl sites for hydroxylation is 2. The van der Waals surface area contributed by atoms with Gasteiger partial charge in [-0.2, -0.15) is 0 Å². The molecule has 0 unspecified atom stereocenters. The zero-order valence-electron chi connectivity index (χ0n) is 19.3. The van der Waals surface area contributed by atoms with Crippen LogP contribution in [0.25, 0.3) is 0 Å². The van der Waals surface area contributed by atoms with Crippen LogP contribution in [0.3, 0.4) is 0 Å². The van der Waals surface area contributed by atoms with Crippen molar-refractivity contribution in [2.24, 2.45) is 0 Å². The lowest BCUT2D eigenvalue weighted by atomic mass is 10.3. The highest BCUT2D eigenvalue weighted by molar-refractivity contribution is 8.00. The monoisotopic (exact) mass is 484 g/mol. The van der Waals surface area contributed by atoms with Gasteiger partial charge in [0.1, 0.15) is 11.6 Å². The number of para-hydroxylation sites is 1. The molecule has 9 heteroatoms. The Hall–Kier alpha value is -2.33. The molecule has 1 aliphatic carbocycles. The van der Waals surface area contributed by atoms with Gasteiger partial charge in [-0.25, -0.2) is 9.97 Å². The molecule has 0 saturated heterocycles. The molecule has 0 radical (unpaired) electrons. The van der Waals surface area contributed by atoms with E-state index in [1.807, 2.05) is 6.07 Å². The Morgan fingerprint density at radius 3 is 2.64 bits per heavy atom. The Morgan fingerprint density at radius 1 is 1.06 bits per heavy atom. The third-order valence-corrected chi connectivity index (χ3v) is 7.41. The Balaban J connectivity index is 1.57. The van der Waals surface area contributed by atoms with E-state index in [1.165, 1.54) is 22.7 Å². The predicted molar refractivity (Wildman–Crippen MR) is 140 cm³/mol. The number of nitrogens with one attached hydrogen (secondary N) is 2. The van der Waals surface area contributed by atoms with Crippen LogP contribution in [-0.4, -0.2) is 60.3 Å². The van der Waals surface area contributed by atoms with Gasteiger partial charge in [-0.15, -0.1) is 11.3 Å². The summed E-state index contributed by atoms with van der Waals surface area (Å²) in [4.78, 5) is 14.2. The maximum Gasteiger partial charge on any atom is 0.188 e. The predicted octanol–water partition coefficient (Wildman–Crippen LogP) is 4.64. The minimum absolute atomic E-state index is 0.156. The molecule has 0 spiro atoms. The second-order valence-corrected chi connectivity index (χ2v) is 10.5. The van der Waals surface area contributed by atoms with Gasteiger partial charge in [-0.05, 0) is 76.0 Å². The van der Waals surface area contributed by atoms with Gasteiger partial charge in [0.2, 0.25) is 0 Å². The lowest BCUT2D eigenvalue weighted by Crippen LogP contribution is -2.26. The maximum absolute atomic E-state index is 9.16. The first-order chi connectivity index (χ1) is 16.1. The molecular weight excluding hydrogens is 452 g/mol. The quantitative estimate of drug-likeness (QED) is 0.254. The van der Waals surface area contributed by atoms with E-state index >= 15 is 0 Å². The smallest absolute Gasteiger partial charge is 0.188 e. The number of nitrogens with zero attached hydrogens (tertiary/aromatic N) is 4. The minimum atomic E-state index is 0.156. The van der Waals surface area contributed by atoms with Crippen LogP contribution >= 0.6 is 23.3 Å². The topological polar surface area (TPSA) is 76.5 Å². The largest absolute Gasteiger partial charge is 0.396 e. The van der Waals surface area contributed by atoms with Crippen LogP contribution in [0.15, 0.2) is 47.4 Å². The van der Waals surface area contributed by atoms with Crippen molar-refractivity contribution in [1.29, 1.82) is 0 Å². The van der Waals surface area contributed by atoms with Crippen LogP contribution in [0.2, 0.25) is 0 Å². The summed E-state index contributed by atoms with van der Waals surface area (Å²) in [6.07, 6.45) is 4.09. The van der Waals surface area contributed by atoms with Crippen molar-refractivity contribution in [2.45, 2.75) is 30.6 Å². The summed E-state index contributed by atoms with van der Waals surface area (Å²) in [5, 5.41) is 16.8. The highest BCUT2D eigenvalue weighted by Gasteiger charge is 2.18. The molecule has 0 fully saturated rings. The highest BCUT2D eigenvalue weighted by Crippen LogP contribution is 2.34. The van der Waals surface area contributed by atoms with Gasteiger partial charge in [0.15, 0.2) is 5.13 Å². The van der Waals surface area contributed by atoms with Gasteiger partial charge >= 0.3 is 0 Å². The molecule has 3 N–H and O–H groups in total. The van der Waals surface area contributed by atoms with Crippen molar-refractivity contribution in [1.82, 2.24) is 14.9 Å². The fourth-order valence-electron chi connectivity index (χ4n) is 3.60. The zero-order chi connectivity index (χ0) is 23.0. The lowest BCUT2D eigenvalue weighted by Gasteiger charge is -2.25. The molecule has 0 amide bonds. The van der Waals surface area contributed by atoms with E-state index < -0.39 is 0 Å². The summed E-state index contributed by atoms with van der Waals surface area (Å²) in [6.45, 7) is 2.67. The standard InChI is InChI=1S/C24H32N6OS2/c1-29(2)13-14-30(18-8-4-3-5-9-18)33-19-16-22(25-12-7-15-31)27-23(17-19)28-24-26-20-10-6-11-21(20)32-24/h3-5,8-9,16-17,31H,6-7,10-15H2,1-2H3,(H2,25,26,27,28). The lowest BCUT2D eigenvalue weighted by molar-refractivity contribution is 0.292. The van der Waals surface area contributed by atoms with Crippen LogP contribution in [0.4, 0.5) is 22.5 Å². The number of aromatic nitrogens is 2. The maximum atomic E-state index is 9.16. The summed E-state index contributed by atoms with van der Waals surface area (Å²) in [7, 11) is 4.19. The molecule has 0 saturated carbocycles. The van der Waals surface area contributed by atoms with E-state index in [2.05, 4.69) is 70.3 Å². The third-order valence-electron chi connectivity index (χ3n) is 5.28. The van der Waals surface area contributed by atoms with Gasteiger partial charge in [-0.3, -0.25) is 0 Å². The van der Waals surface area contributed by atoms with Gasteiger partial charge in [0, 0.05) is 41.7 Å². The van der Waals surface area contributed by atoms with Crippen molar-refractivity contribution >= 4 is 45.7 Å². The van der Waals surface area contributed by atoms with Crippen molar-refractivity contribution in [3.05, 3.63) is 53.0 Å². The number of pyridine rings is 1. The molecule has 1 aromatic carbocycles. The number of fused-ring (bicyclic) bond motifs is 1. The minimum Gasteiger partial charge on any atom is -0.396 e. The first-order valence-electron chi connectivity index (χ1n) is 11.4. The van der Waals surface area contributed by atoms with Crippen molar-refractivity contribution in [3.8, 4) is 0 Å². The summed E-state index contributed by atoms with van der Waals surface area (Å²) in [6, 6.07) is 14.6. The van der Waals surface area contributed by atoms with Crippen LogP contribution < -0.4 is 14.9 Å². The van der Waals surface area contributed by atoms with Crippen LogP contribution in [-0.2, 0) is 12.8 Å². The molecule has 33 heavy (non-hydrogen) atoms. The Bertz CT molecular complexity index is 1010. The fraction of sp³-hybridized carbons (Fsp3) is 0.417. The molecule has 176 valence electrons. The van der Waals surface area contributed by atoms with Gasteiger partial charge < -0.3 is 24.9 Å². The molecule has 0 aliphatic heterocycles. The number of anilines is 4. The number of hydrogen-bond acceptors (Lipinski definition) is 9. The third kappa shape index (κ3) is 6.83. The second kappa shape index (κ2) is 11.7. The van der Waals surface area contributed by atoms with E-state index in [-0.39, 0.29) is 6.61 Å². The first kappa shape index (κ1) is 23.8. The molecule has 0 atom stereocenters. The van der Waals surface area contributed by atoms with Crippen molar-refractivity contribution in [2.75, 3.05) is 55.3 Å². The Labute approximate surface area is 204 Å². The van der Waals surface area contributed by atoms with Crippen LogP contribution in [0.5, 0.6) is 0 Å². The average Bonchev–Trinajstić information content (AvgIpc) is 3.39. The normalized spacial score (nSPS) is 12.7. The summed E-state index contributed by atoms with van der Waals surface area (Å²) in [5.41, 5.74) is 2.40. The highest BCUT2D eigenvalue weighted by atomic mass is 32.2. The molecule has 0 bridgehead atoms. The van der Waals surface area contributed by atoms with Gasteiger partial charge in [0.05, 0.1) is 5.69 Å². The molecule has 3 aromatic rings. The number of thiazole rings is 1. The van der Waals surface area contributed by atoms with Crippen LogP contribution in [0, 0.1) is 0 Å². The number of benzene rings is 1. The van der Waals surface area contributed by atoms with Gasteiger partial charge in [0.25, 0.3) is 0 Å². The summed E-state index contributed by atoms with van der Waals surface area (Å²) in [5.74, 6) is 1.57. The first-order valence-corrected chi connectivity index (χ1v) is 13.0.